The topological polar surface area (TPSA) is 29.5 Å². The summed E-state index contributed by atoms with van der Waals surface area (Å²) in [7, 11) is 0. The number of unbranched alkanes of at least 4 members (excludes halogenated alkanes) is 25. The highest BCUT2D eigenvalue weighted by Crippen LogP contribution is 2.14. The third-order valence-corrected chi connectivity index (χ3v) is 7.77. The van der Waals surface area contributed by atoms with Crippen LogP contribution in [-0.4, -0.2) is 11.4 Å². The van der Waals surface area contributed by atoms with Crippen LogP contribution in [0.3, 0.4) is 0 Å². The van der Waals surface area contributed by atoms with Crippen molar-refractivity contribution in [3.05, 3.63) is 24.5 Å². The molecule has 226 valence electrons. The number of rotatable bonds is 32. The van der Waals surface area contributed by atoms with Gasteiger partial charge in [0, 0.05) is 6.42 Å². The predicted octanol–water partition coefficient (Wildman–Crippen LogP) is 12.7. The highest BCUT2D eigenvalue weighted by molar-refractivity contribution is 4.81. The molecule has 2 nitrogen and oxygen atoms in total. The lowest BCUT2D eigenvalue weighted by Crippen LogP contribution is -2.07. The maximum Gasteiger partial charge on any atom is 0.196 e. The van der Waals surface area contributed by atoms with Crippen molar-refractivity contribution in [2.45, 2.75) is 206 Å². The van der Waals surface area contributed by atoms with Gasteiger partial charge in [-0.2, -0.15) is 0 Å². The van der Waals surface area contributed by atoms with E-state index in [4.69, 9.17) is 4.74 Å². The molecule has 0 amide bonds. The third-order valence-electron chi connectivity index (χ3n) is 7.77. The molecular weight excluding hydrogens is 464 g/mol. The molecule has 0 aliphatic rings. The van der Waals surface area contributed by atoms with Crippen molar-refractivity contribution in [2.75, 3.05) is 0 Å². The molecular formula is C36H70O2. The molecule has 0 rings (SSSR count). The summed E-state index contributed by atoms with van der Waals surface area (Å²) < 4.78 is 5.45. The quantitative estimate of drug-likeness (QED) is 0.0402. The predicted molar refractivity (Wildman–Crippen MR) is 171 cm³/mol. The van der Waals surface area contributed by atoms with Gasteiger partial charge in [-0.1, -0.05) is 161 Å². The molecule has 0 bridgehead atoms. The second-order valence-electron chi connectivity index (χ2n) is 11.7. The van der Waals surface area contributed by atoms with E-state index in [9.17, 15) is 5.11 Å². The summed E-state index contributed by atoms with van der Waals surface area (Å²) in [5.41, 5.74) is 0. The van der Waals surface area contributed by atoms with Crippen LogP contribution in [0.2, 0.25) is 0 Å². The van der Waals surface area contributed by atoms with Crippen LogP contribution in [0.4, 0.5) is 0 Å². The smallest absolute Gasteiger partial charge is 0.196 e. The second kappa shape index (κ2) is 34.3. The van der Waals surface area contributed by atoms with Gasteiger partial charge in [-0.05, 0) is 51.0 Å². The first-order chi connectivity index (χ1) is 18.8. The molecule has 0 saturated carbocycles. The molecule has 0 aromatic carbocycles. The van der Waals surface area contributed by atoms with E-state index in [2.05, 4.69) is 32.1 Å². The molecule has 0 aromatic heterocycles. The van der Waals surface area contributed by atoms with E-state index in [-0.39, 0.29) is 0 Å². The summed E-state index contributed by atoms with van der Waals surface area (Å²) in [4.78, 5) is 0. The number of aliphatic hydroxyl groups excluding tert-OH is 1. The SMILES string of the molecule is CCCCCCCCC=CCCCCCCCC(O)OC=CCCCCCCCCCCCCCCCC. The van der Waals surface area contributed by atoms with Crippen molar-refractivity contribution in [2.24, 2.45) is 0 Å². The highest BCUT2D eigenvalue weighted by Gasteiger charge is 2.01. The van der Waals surface area contributed by atoms with E-state index in [1.807, 2.05) is 0 Å². The normalized spacial score (nSPS) is 12.7. The molecule has 38 heavy (non-hydrogen) atoms. The van der Waals surface area contributed by atoms with Crippen LogP contribution in [0.1, 0.15) is 200 Å². The summed E-state index contributed by atoms with van der Waals surface area (Å²) >= 11 is 0. The minimum atomic E-state index is -0.632. The number of allylic oxidation sites excluding steroid dienone is 3. The summed E-state index contributed by atoms with van der Waals surface area (Å²) in [6.07, 6.45) is 46.3. The molecule has 0 heterocycles. The zero-order valence-electron chi connectivity index (χ0n) is 26.2. The Bertz CT molecular complexity index is 470. The molecule has 1 N–H and O–H groups in total. The Morgan fingerprint density at radius 1 is 0.421 bits per heavy atom. The summed E-state index contributed by atoms with van der Waals surface area (Å²) in [6.45, 7) is 4.57. The van der Waals surface area contributed by atoms with Gasteiger partial charge in [-0.25, -0.2) is 0 Å². The van der Waals surface area contributed by atoms with Gasteiger partial charge < -0.3 is 9.84 Å². The maximum absolute atomic E-state index is 10.00. The monoisotopic (exact) mass is 535 g/mol. The Morgan fingerprint density at radius 3 is 1.13 bits per heavy atom. The van der Waals surface area contributed by atoms with Gasteiger partial charge in [-0.3, -0.25) is 0 Å². The van der Waals surface area contributed by atoms with Crippen LogP contribution >= 0.6 is 0 Å². The largest absolute Gasteiger partial charge is 0.473 e. The summed E-state index contributed by atoms with van der Waals surface area (Å²) in [6, 6.07) is 0. The van der Waals surface area contributed by atoms with Crippen molar-refractivity contribution in [1.29, 1.82) is 0 Å². The van der Waals surface area contributed by atoms with E-state index in [1.54, 1.807) is 6.26 Å². The number of ether oxygens (including phenoxy) is 1. The average Bonchev–Trinajstić information content (AvgIpc) is 2.92. The molecule has 0 aromatic rings. The number of hydrogen-bond acceptors (Lipinski definition) is 2. The molecule has 1 unspecified atom stereocenters. The van der Waals surface area contributed by atoms with Gasteiger partial charge in [0.2, 0.25) is 0 Å². The lowest BCUT2D eigenvalue weighted by molar-refractivity contribution is -0.0576. The summed E-state index contributed by atoms with van der Waals surface area (Å²) in [5, 5.41) is 10.00. The first kappa shape index (κ1) is 37.2. The Hall–Kier alpha value is -0.760. The lowest BCUT2D eigenvalue weighted by atomic mass is 10.0. The van der Waals surface area contributed by atoms with Gasteiger partial charge in [0.1, 0.15) is 0 Å². The standard InChI is InChI=1S/C36H70O2/c1-3-5-7-9-11-13-15-17-19-21-23-25-27-29-31-33-35-38-36(37)34-32-30-28-26-24-22-20-18-16-14-12-10-8-6-4-2/h18,20,33,35-37H,3-17,19,21-32,34H2,1-2H3. The van der Waals surface area contributed by atoms with Crippen molar-refractivity contribution in [1.82, 2.24) is 0 Å². The molecule has 0 spiro atoms. The van der Waals surface area contributed by atoms with Crippen molar-refractivity contribution >= 4 is 0 Å². The Labute approximate surface area is 240 Å². The van der Waals surface area contributed by atoms with E-state index in [1.165, 1.54) is 167 Å². The average molecular weight is 535 g/mol. The van der Waals surface area contributed by atoms with Crippen LogP contribution in [0.25, 0.3) is 0 Å². The Morgan fingerprint density at radius 2 is 0.737 bits per heavy atom. The molecule has 0 aliphatic carbocycles. The Balaban J connectivity index is 3.25. The molecule has 0 saturated heterocycles. The van der Waals surface area contributed by atoms with Crippen LogP contribution in [0.5, 0.6) is 0 Å². The van der Waals surface area contributed by atoms with Gasteiger partial charge in [0.25, 0.3) is 0 Å². The van der Waals surface area contributed by atoms with Crippen molar-refractivity contribution < 1.29 is 9.84 Å². The maximum atomic E-state index is 10.00. The molecule has 0 fully saturated rings. The molecule has 2 heteroatoms. The van der Waals surface area contributed by atoms with Crippen LogP contribution in [0.15, 0.2) is 24.5 Å². The number of hydrogen-bond donors (Lipinski definition) is 1. The van der Waals surface area contributed by atoms with E-state index in [0.29, 0.717) is 0 Å². The molecule has 1 atom stereocenters. The fourth-order valence-corrected chi connectivity index (χ4v) is 5.13. The van der Waals surface area contributed by atoms with Crippen LogP contribution in [-0.2, 0) is 4.74 Å². The summed E-state index contributed by atoms with van der Waals surface area (Å²) in [5.74, 6) is 0. The van der Waals surface area contributed by atoms with Crippen LogP contribution < -0.4 is 0 Å². The van der Waals surface area contributed by atoms with Gasteiger partial charge in [-0.15, -0.1) is 0 Å². The van der Waals surface area contributed by atoms with E-state index >= 15 is 0 Å². The second-order valence-corrected chi connectivity index (χ2v) is 11.7. The van der Waals surface area contributed by atoms with Gasteiger partial charge in [0.15, 0.2) is 6.29 Å². The first-order valence-electron chi connectivity index (χ1n) is 17.4. The molecule has 0 radical (unpaired) electrons. The van der Waals surface area contributed by atoms with Gasteiger partial charge >= 0.3 is 0 Å². The zero-order chi connectivity index (χ0) is 27.6. The Kier molecular flexibility index (Phi) is 33.6. The zero-order valence-corrected chi connectivity index (χ0v) is 26.2. The van der Waals surface area contributed by atoms with Gasteiger partial charge in [0.05, 0.1) is 6.26 Å². The fraction of sp³-hybridized carbons (Fsp3) is 0.889. The van der Waals surface area contributed by atoms with Crippen molar-refractivity contribution in [3.8, 4) is 0 Å². The minimum absolute atomic E-state index is 0.632. The highest BCUT2D eigenvalue weighted by atomic mass is 16.6. The molecule has 0 aliphatic heterocycles. The fourth-order valence-electron chi connectivity index (χ4n) is 5.13. The minimum Gasteiger partial charge on any atom is -0.473 e. The van der Waals surface area contributed by atoms with E-state index in [0.717, 1.165) is 19.3 Å². The van der Waals surface area contributed by atoms with Crippen molar-refractivity contribution in [3.63, 3.8) is 0 Å². The lowest BCUT2D eigenvalue weighted by Gasteiger charge is -2.09. The first-order valence-corrected chi connectivity index (χ1v) is 17.4. The van der Waals surface area contributed by atoms with Crippen LogP contribution in [0, 0.1) is 0 Å². The third kappa shape index (κ3) is 33.3. The van der Waals surface area contributed by atoms with E-state index < -0.39 is 6.29 Å². The number of aliphatic hydroxyl groups is 1.